The van der Waals surface area contributed by atoms with Crippen molar-refractivity contribution < 1.29 is 19.0 Å². The second-order valence-corrected chi connectivity index (χ2v) is 5.76. The lowest BCUT2D eigenvalue weighted by molar-refractivity contribution is -0.123. The summed E-state index contributed by atoms with van der Waals surface area (Å²) in [6.07, 6.45) is 3.21. The zero-order chi connectivity index (χ0) is 19.8. The minimum Gasteiger partial charge on any atom is -0.493 e. The number of methoxy groups -OCH3 is 1. The molecule has 0 fully saturated rings. The van der Waals surface area contributed by atoms with Gasteiger partial charge in [-0.25, -0.2) is 5.43 Å². The molecule has 0 unspecified atom stereocenters. The first kappa shape index (κ1) is 19.2. The molecule has 144 valence electrons. The number of amides is 1. The van der Waals surface area contributed by atoms with Crippen molar-refractivity contribution in [1.29, 1.82) is 0 Å². The Kier molecular flexibility index (Phi) is 6.41. The number of ether oxygens (including phenoxy) is 3. The van der Waals surface area contributed by atoms with Gasteiger partial charge < -0.3 is 14.2 Å². The second kappa shape index (κ2) is 9.36. The number of aromatic nitrogens is 1. The molecule has 3 aromatic rings. The highest BCUT2D eigenvalue weighted by atomic mass is 16.5. The highest BCUT2D eigenvalue weighted by Crippen LogP contribution is 2.27. The molecule has 28 heavy (non-hydrogen) atoms. The van der Waals surface area contributed by atoms with E-state index in [-0.39, 0.29) is 12.5 Å². The maximum Gasteiger partial charge on any atom is 0.277 e. The van der Waals surface area contributed by atoms with Crippen LogP contribution in [0.15, 0.2) is 59.8 Å². The number of carbonyl (C=O) groups is 1. The number of para-hydroxylation sites is 1. The Bertz CT molecular complexity index is 983. The monoisotopic (exact) mass is 379 g/mol. The Morgan fingerprint density at radius 1 is 1.11 bits per heavy atom. The zero-order valence-corrected chi connectivity index (χ0v) is 15.7. The third-order valence-electron chi connectivity index (χ3n) is 3.84. The predicted molar refractivity (Wildman–Crippen MR) is 107 cm³/mol. The van der Waals surface area contributed by atoms with Gasteiger partial charge in [0.15, 0.2) is 18.1 Å². The molecule has 0 spiro atoms. The number of hydrazone groups is 1. The van der Waals surface area contributed by atoms with Gasteiger partial charge in [-0.3, -0.25) is 9.78 Å². The first-order valence-electron chi connectivity index (χ1n) is 8.80. The van der Waals surface area contributed by atoms with Gasteiger partial charge in [-0.15, -0.1) is 0 Å². The molecule has 3 rings (SSSR count). The van der Waals surface area contributed by atoms with Gasteiger partial charge in [-0.05, 0) is 42.8 Å². The maximum atomic E-state index is 12.0. The molecule has 2 aromatic carbocycles. The van der Waals surface area contributed by atoms with Crippen LogP contribution in [0.3, 0.4) is 0 Å². The molecule has 7 heteroatoms. The van der Waals surface area contributed by atoms with Crippen LogP contribution in [0.25, 0.3) is 10.9 Å². The highest BCUT2D eigenvalue weighted by molar-refractivity contribution is 5.86. The average Bonchev–Trinajstić information content (AvgIpc) is 2.73. The van der Waals surface area contributed by atoms with E-state index in [0.29, 0.717) is 29.4 Å². The van der Waals surface area contributed by atoms with Crippen molar-refractivity contribution >= 4 is 23.0 Å². The molecule has 1 heterocycles. The number of pyridine rings is 1. The summed E-state index contributed by atoms with van der Waals surface area (Å²) in [6.45, 7) is 2.28. The SMILES string of the molecule is CCOc1ccc(/C=N\NC(=O)COc2cccc3cccnc23)cc1OC. The van der Waals surface area contributed by atoms with Gasteiger partial charge in [0, 0.05) is 11.6 Å². The van der Waals surface area contributed by atoms with Crippen LogP contribution in [0.4, 0.5) is 0 Å². The standard InChI is InChI=1S/C21H21N3O4/c1-3-27-17-10-9-15(12-19(17)26-2)13-23-24-20(25)14-28-18-8-4-6-16-7-5-11-22-21(16)18/h4-13H,3,14H2,1-2H3,(H,24,25)/b23-13-. The number of nitrogens with zero attached hydrogens (tertiary/aromatic N) is 2. The Balaban J connectivity index is 1.57. The fourth-order valence-corrected chi connectivity index (χ4v) is 2.59. The minimum atomic E-state index is -0.373. The van der Waals surface area contributed by atoms with E-state index in [1.54, 1.807) is 31.5 Å². The van der Waals surface area contributed by atoms with Gasteiger partial charge in [0.05, 0.1) is 19.9 Å². The van der Waals surface area contributed by atoms with Crippen LogP contribution in [-0.4, -0.2) is 37.4 Å². The smallest absolute Gasteiger partial charge is 0.277 e. The van der Waals surface area contributed by atoms with Crippen LogP contribution in [0.5, 0.6) is 17.2 Å². The molecule has 0 aliphatic heterocycles. The van der Waals surface area contributed by atoms with Gasteiger partial charge in [-0.2, -0.15) is 5.10 Å². The molecular weight excluding hydrogens is 358 g/mol. The van der Waals surface area contributed by atoms with Gasteiger partial charge >= 0.3 is 0 Å². The molecule has 0 aliphatic rings. The van der Waals surface area contributed by atoms with Gasteiger partial charge in [-0.1, -0.05) is 18.2 Å². The first-order chi connectivity index (χ1) is 13.7. The summed E-state index contributed by atoms with van der Waals surface area (Å²) in [5.74, 6) is 1.43. The van der Waals surface area contributed by atoms with Crippen molar-refractivity contribution in [3.05, 3.63) is 60.3 Å². The van der Waals surface area contributed by atoms with E-state index in [1.165, 1.54) is 6.21 Å². The summed E-state index contributed by atoms with van der Waals surface area (Å²) in [6, 6.07) is 14.7. The van der Waals surface area contributed by atoms with Gasteiger partial charge in [0.25, 0.3) is 5.91 Å². The fraction of sp³-hybridized carbons (Fsp3) is 0.190. The predicted octanol–water partition coefficient (Wildman–Crippen LogP) is 3.17. The van der Waals surface area contributed by atoms with Crippen molar-refractivity contribution in [2.24, 2.45) is 5.10 Å². The van der Waals surface area contributed by atoms with E-state index in [1.807, 2.05) is 37.3 Å². The Labute approximate surface area is 162 Å². The molecule has 0 radical (unpaired) electrons. The van der Waals surface area contributed by atoms with E-state index in [9.17, 15) is 4.79 Å². The lowest BCUT2D eigenvalue weighted by Gasteiger charge is -2.09. The zero-order valence-electron chi connectivity index (χ0n) is 15.7. The van der Waals surface area contributed by atoms with E-state index >= 15 is 0 Å². The average molecular weight is 379 g/mol. The summed E-state index contributed by atoms with van der Waals surface area (Å²) >= 11 is 0. The largest absolute Gasteiger partial charge is 0.493 e. The number of rotatable bonds is 8. The first-order valence-corrected chi connectivity index (χ1v) is 8.80. The van der Waals surface area contributed by atoms with E-state index in [4.69, 9.17) is 14.2 Å². The summed E-state index contributed by atoms with van der Waals surface area (Å²) in [4.78, 5) is 16.3. The molecule has 0 saturated carbocycles. The van der Waals surface area contributed by atoms with Crippen LogP contribution < -0.4 is 19.6 Å². The molecule has 1 aromatic heterocycles. The normalized spacial score (nSPS) is 10.8. The van der Waals surface area contributed by atoms with Crippen LogP contribution in [-0.2, 0) is 4.79 Å². The number of fused-ring (bicyclic) bond motifs is 1. The van der Waals surface area contributed by atoms with Crippen molar-refractivity contribution in [2.45, 2.75) is 6.92 Å². The lowest BCUT2D eigenvalue weighted by atomic mass is 10.2. The van der Waals surface area contributed by atoms with E-state index in [2.05, 4.69) is 15.5 Å². The second-order valence-electron chi connectivity index (χ2n) is 5.76. The third-order valence-corrected chi connectivity index (χ3v) is 3.84. The molecule has 0 bridgehead atoms. The van der Waals surface area contributed by atoms with Crippen molar-refractivity contribution in [3.8, 4) is 17.2 Å². The minimum absolute atomic E-state index is 0.167. The number of carbonyl (C=O) groups excluding carboxylic acids is 1. The van der Waals surface area contributed by atoms with Crippen LogP contribution in [0.2, 0.25) is 0 Å². The van der Waals surface area contributed by atoms with Crippen molar-refractivity contribution in [2.75, 3.05) is 20.3 Å². The number of hydrogen-bond donors (Lipinski definition) is 1. The molecule has 1 N–H and O–H groups in total. The lowest BCUT2D eigenvalue weighted by Crippen LogP contribution is -2.24. The summed E-state index contributed by atoms with van der Waals surface area (Å²) in [5.41, 5.74) is 3.91. The molecule has 7 nitrogen and oxygen atoms in total. The fourth-order valence-electron chi connectivity index (χ4n) is 2.59. The maximum absolute atomic E-state index is 12.0. The number of nitrogens with one attached hydrogen (secondary N) is 1. The van der Waals surface area contributed by atoms with Crippen molar-refractivity contribution in [1.82, 2.24) is 10.4 Å². The van der Waals surface area contributed by atoms with Gasteiger partial charge in [0.1, 0.15) is 11.3 Å². The molecule has 1 amide bonds. The quantitative estimate of drug-likeness (QED) is 0.480. The Morgan fingerprint density at radius 3 is 2.79 bits per heavy atom. The Hall–Kier alpha value is -3.61. The third kappa shape index (κ3) is 4.76. The summed E-state index contributed by atoms with van der Waals surface area (Å²) in [5, 5.41) is 4.90. The molecule has 0 saturated heterocycles. The molecule has 0 aliphatic carbocycles. The topological polar surface area (TPSA) is 82.0 Å². The van der Waals surface area contributed by atoms with Crippen LogP contribution in [0.1, 0.15) is 12.5 Å². The van der Waals surface area contributed by atoms with Crippen molar-refractivity contribution in [3.63, 3.8) is 0 Å². The van der Waals surface area contributed by atoms with E-state index in [0.717, 1.165) is 10.9 Å². The summed E-state index contributed by atoms with van der Waals surface area (Å²) < 4.78 is 16.3. The van der Waals surface area contributed by atoms with Crippen LogP contribution in [0, 0.1) is 0 Å². The number of hydrogen-bond acceptors (Lipinski definition) is 6. The number of benzene rings is 2. The van der Waals surface area contributed by atoms with E-state index < -0.39 is 0 Å². The van der Waals surface area contributed by atoms with Crippen LogP contribution >= 0.6 is 0 Å². The van der Waals surface area contributed by atoms with Gasteiger partial charge in [0.2, 0.25) is 0 Å². The highest BCUT2D eigenvalue weighted by Gasteiger charge is 2.07. The Morgan fingerprint density at radius 2 is 1.96 bits per heavy atom. The molecule has 0 atom stereocenters. The molecular formula is C21H21N3O4. The summed E-state index contributed by atoms with van der Waals surface area (Å²) in [7, 11) is 1.57.